The number of nitrogens with zero attached hydrogens (tertiary/aromatic N) is 5. The van der Waals surface area contributed by atoms with Gasteiger partial charge in [-0.15, -0.1) is 11.3 Å². The molecule has 10 nitrogen and oxygen atoms in total. The SMILES string of the molecule is CNC(=O)CN1CCN(CCc2cc3nc(-c4cccc(N)c4C=N)nc(N4CCOCC4)c3s2)CC1. The molecule has 196 valence electrons. The summed E-state index contributed by atoms with van der Waals surface area (Å²) in [5.41, 5.74) is 9.05. The summed E-state index contributed by atoms with van der Waals surface area (Å²) in [5.74, 6) is 1.60. The Kier molecular flexibility index (Phi) is 7.94. The molecule has 0 aliphatic carbocycles. The number of morpholine rings is 1. The van der Waals surface area contributed by atoms with Gasteiger partial charge < -0.3 is 31.0 Å². The smallest absolute Gasteiger partial charge is 0.233 e. The molecule has 0 atom stereocenters. The number of aromatic nitrogens is 2. The minimum Gasteiger partial charge on any atom is -0.398 e. The Hall–Kier alpha value is -3.12. The van der Waals surface area contributed by atoms with E-state index in [0.717, 1.165) is 73.8 Å². The van der Waals surface area contributed by atoms with Crippen molar-refractivity contribution in [3.8, 4) is 11.4 Å². The predicted molar refractivity (Wildman–Crippen MR) is 149 cm³/mol. The zero-order valence-corrected chi connectivity index (χ0v) is 22.0. The molecule has 0 bridgehead atoms. The van der Waals surface area contributed by atoms with E-state index >= 15 is 0 Å². The minimum atomic E-state index is 0.0706. The second-order valence-electron chi connectivity index (χ2n) is 9.39. The van der Waals surface area contributed by atoms with Crippen molar-refractivity contribution in [3.63, 3.8) is 0 Å². The lowest BCUT2D eigenvalue weighted by Crippen LogP contribution is -2.49. The Bertz CT molecular complexity index is 1260. The third-order valence-corrected chi connectivity index (χ3v) is 8.21. The molecule has 3 aromatic rings. The Balaban J connectivity index is 1.38. The van der Waals surface area contributed by atoms with E-state index in [9.17, 15) is 4.79 Å². The van der Waals surface area contributed by atoms with Crippen molar-refractivity contribution in [1.29, 1.82) is 5.41 Å². The maximum Gasteiger partial charge on any atom is 0.233 e. The van der Waals surface area contributed by atoms with Gasteiger partial charge in [-0.05, 0) is 18.6 Å². The molecular weight excluding hydrogens is 488 g/mol. The summed E-state index contributed by atoms with van der Waals surface area (Å²) in [7, 11) is 1.68. The van der Waals surface area contributed by atoms with E-state index in [-0.39, 0.29) is 5.91 Å². The Labute approximate surface area is 220 Å². The van der Waals surface area contributed by atoms with Crippen LogP contribution >= 0.6 is 11.3 Å². The van der Waals surface area contributed by atoms with Crippen LogP contribution in [0.2, 0.25) is 0 Å². The van der Waals surface area contributed by atoms with Crippen molar-refractivity contribution in [2.24, 2.45) is 0 Å². The van der Waals surface area contributed by atoms with Crippen LogP contribution in [-0.2, 0) is 16.0 Å². The summed E-state index contributed by atoms with van der Waals surface area (Å²) in [6.07, 6.45) is 2.22. The van der Waals surface area contributed by atoms with Gasteiger partial charge in [0.2, 0.25) is 5.91 Å². The fraction of sp³-hybridized carbons (Fsp3) is 0.462. The number of fused-ring (bicyclic) bond motifs is 1. The molecule has 0 radical (unpaired) electrons. The van der Waals surface area contributed by atoms with Crippen molar-refractivity contribution in [2.75, 3.05) is 83.3 Å². The molecule has 4 N–H and O–H groups in total. The fourth-order valence-corrected chi connectivity index (χ4v) is 5.96. The van der Waals surface area contributed by atoms with Crippen molar-refractivity contribution in [2.45, 2.75) is 6.42 Å². The highest BCUT2D eigenvalue weighted by molar-refractivity contribution is 7.19. The third-order valence-electron chi connectivity index (χ3n) is 7.03. The number of rotatable bonds is 8. The number of amides is 1. The van der Waals surface area contributed by atoms with Crippen LogP contribution in [0.25, 0.3) is 21.6 Å². The molecule has 2 saturated heterocycles. The lowest BCUT2D eigenvalue weighted by molar-refractivity contribution is -0.122. The predicted octanol–water partition coefficient (Wildman–Crippen LogP) is 1.68. The van der Waals surface area contributed by atoms with E-state index in [1.807, 2.05) is 12.1 Å². The van der Waals surface area contributed by atoms with Crippen LogP contribution in [0.5, 0.6) is 0 Å². The standard InChI is InChI=1S/C26H34N8O2S/c1-29-23(35)17-33-9-7-32(8-10-33)6-5-18-15-22-24(37-18)26(34-11-13-36-14-12-34)31-25(30-22)19-3-2-4-21(28)20(19)16-27/h2-4,15-16,27H,5-14,17,28H2,1H3,(H,29,35). The quantitative estimate of drug-likeness (QED) is 0.302. The van der Waals surface area contributed by atoms with Crippen LogP contribution in [0.4, 0.5) is 11.5 Å². The average Bonchev–Trinajstić information content (AvgIpc) is 3.35. The van der Waals surface area contributed by atoms with Crippen molar-refractivity contribution in [1.82, 2.24) is 25.1 Å². The van der Waals surface area contributed by atoms with Crippen LogP contribution < -0.4 is 16.0 Å². The number of carbonyl (C=O) groups is 1. The van der Waals surface area contributed by atoms with Gasteiger partial charge in [-0.3, -0.25) is 9.69 Å². The summed E-state index contributed by atoms with van der Waals surface area (Å²) in [5, 5.41) is 10.6. The van der Waals surface area contributed by atoms with Gasteiger partial charge in [0, 0.05) is 80.8 Å². The Morgan fingerprint density at radius 1 is 1.16 bits per heavy atom. The van der Waals surface area contributed by atoms with Crippen LogP contribution in [-0.4, -0.2) is 105 Å². The van der Waals surface area contributed by atoms with Crippen LogP contribution in [0.1, 0.15) is 10.4 Å². The number of ether oxygens (including phenoxy) is 1. The number of nitrogens with one attached hydrogen (secondary N) is 2. The molecule has 0 spiro atoms. The van der Waals surface area contributed by atoms with Gasteiger partial charge in [-0.25, -0.2) is 9.97 Å². The molecule has 2 aromatic heterocycles. The number of piperazine rings is 1. The number of hydrogen-bond donors (Lipinski definition) is 3. The maximum absolute atomic E-state index is 11.7. The molecule has 2 aliphatic heterocycles. The highest BCUT2D eigenvalue weighted by Crippen LogP contribution is 2.36. The topological polar surface area (TPSA) is 124 Å². The van der Waals surface area contributed by atoms with E-state index in [0.29, 0.717) is 36.8 Å². The molecular formula is C26H34N8O2S. The number of thiophene rings is 1. The first kappa shape index (κ1) is 25.5. The number of nitrogen functional groups attached to an aromatic ring is 1. The highest BCUT2D eigenvalue weighted by Gasteiger charge is 2.22. The van der Waals surface area contributed by atoms with Gasteiger partial charge in [-0.1, -0.05) is 12.1 Å². The Morgan fingerprint density at radius 3 is 2.65 bits per heavy atom. The van der Waals surface area contributed by atoms with Gasteiger partial charge in [-0.2, -0.15) is 0 Å². The van der Waals surface area contributed by atoms with E-state index in [2.05, 4.69) is 26.1 Å². The number of likely N-dealkylation sites (N-methyl/N-ethyl adjacent to an activating group) is 1. The second-order valence-corrected chi connectivity index (χ2v) is 10.5. The molecule has 1 amide bonds. The van der Waals surface area contributed by atoms with Gasteiger partial charge in [0.05, 0.1) is 30.0 Å². The normalized spacial score (nSPS) is 17.3. The van der Waals surface area contributed by atoms with Crippen molar-refractivity contribution in [3.05, 3.63) is 34.7 Å². The summed E-state index contributed by atoms with van der Waals surface area (Å²) >= 11 is 1.77. The summed E-state index contributed by atoms with van der Waals surface area (Å²) in [6.45, 7) is 8.11. The maximum atomic E-state index is 11.7. The number of nitrogens with two attached hydrogens (primary N) is 1. The molecule has 1 aromatic carbocycles. The van der Waals surface area contributed by atoms with Crippen LogP contribution in [0.15, 0.2) is 24.3 Å². The molecule has 0 unspecified atom stereocenters. The van der Waals surface area contributed by atoms with Gasteiger partial charge in [0.25, 0.3) is 0 Å². The fourth-order valence-electron chi connectivity index (χ4n) is 4.86. The number of carbonyl (C=O) groups excluding carboxylic acids is 1. The monoisotopic (exact) mass is 522 g/mol. The molecule has 5 rings (SSSR count). The molecule has 2 aliphatic rings. The molecule has 2 fully saturated rings. The summed E-state index contributed by atoms with van der Waals surface area (Å²) in [6, 6.07) is 7.80. The second kappa shape index (κ2) is 11.5. The number of hydrogen-bond acceptors (Lipinski definition) is 10. The van der Waals surface area contributed by atoms with E-state index in [1.165, 1.54) is 11.1 Å². The van der Waals surface area contributed by atoms with Gasteiger partial charge >= 0.3 is 0 Å². The Morgan fingerprint density at radius 2 is 1.92 bits per heavy atom. The van der Waals surface area contributed by atoms with Crippen LogP contribution in [0, 0.1) is 5.41 Å². The van der Waals surface area contributed by atoms with E-state index in [1.54, 1.807) is 24.5 Å². The lowest BCUT2D eigenvalue weighted by Gasteiger charge is -2.34. The minimum absolute atomic E-state index is 0.0706. The average molecular weight is 523 g/mol. The summed E-state index contributed by atoms with van der Waals surface area (Å²) < 4.78 is 6.68. The third kappa shape index (κ3) is 5.74. The molecule has 0 saturated carbocycles. The first-order chi connectivity index (χ1) is 18.1. The van der Waals surface area contributed by atoms with Crippen molar-refractivity contribution >= 4 is 45.2 Å². The van der Waals surface area contributed by atoms with Crippen LogP contribution in [0.3, 0.4) is 0 Å². The number of benzene rings is 1. The van der Waals surface area contributed by atoms with Gasteiger partial charge in [0.15, 0.2) is 11.6 Å². The molecule has 37 heavy (non-hydrogen) atoms. The molecule has 4 heterocycles. The summed E-state index contributed by atoms with van der Waals surface area (Å²) in [4.78, 5) is 29.8. The van der Waals surface area contributed by atoms with Gasteiger partial charge in [0.1, 0.15) is 0 Å². The highest BCUT2D eigenvalue weighted by atomic mass is 32.1. The van der Waals surface area contributed by atoms with Crippen molar-refractivity contribution < 1.29 is 9.53 Å². The lowest BCUT2D eigenvalue weighted by atomic mass is 10.1. The number of anilines is 2. The molecule has 11 heteroatoms. The zero-order chi connectivity index (χ0) is 25.8. The first-order valence-corrected chi connectivity index (χ1v) is 13.5. The van der Waals surface area contributed by atoms with E-state index in [4.69, 9.17) is 25.8 Å². The first-order valence-electron chi connectivity index (χ1n) is 12.7. The van der Waals surface area contributed by atoms with E-state index < -0.39 is 0 Å². The largest absolute Gasteiger partial charge is 0.398 e. The zero-order valence-electron chi connectivity index (χ0n) is 21.2.